The van der Waals surface area contributed by atoms with Crippen molar-refractivity contribution in [1.82, 2.24) is 0 Å². The number of aliphatic hydroxyl groups excluding tert-OH is 1. The zero-order valence-corrected chi connectivity index (χ0v) is 6.66. The van der Waals surface area contributed by atoms with Crippen LogP contribution in [0.25, 0.3) is 0 Å². The Balaban J connectivity index is 2.91. The second kappa shape index (κ2) is 3.39. The molecule has 0 aromatic heterocycles. The Bertz CT molecular complexity index is 231. The van der Waals surface area contributed by atoms with E-state index >= 15 is 0 Å². The maximum atomic E-state index is 9.10. The lowest BCUT2D eigenvalue weighted by Gasteiger charge is -2.04. The van der Waals surface area contributed by atoms with Gasteiger partial charge in [0.2, 0.25) is 0 Å². The van der Waals surface area contributed by atoms with Crippen molar-refractivity contribution in [3.63, 3.8) is 0 Å². The van der Waals surface area contributed by atoms with Crippen LogP contribution in [0.3, 0.4) is 0 Å². The van der Waals surface area contributed by atoms with Crippen molar-refractivity contribution in [3.05, 3.63) is 35.9 Å². The molecule has 0 amide bonds. The first-order valence-corrected chi connectivity index (χ1v) is 3.41. The molecule has 2 nitrogen and oxygen atoms in total. The lowest BCUT2D eigenvalue weighted by Crippen LogP contribution is -1.92. The van der Waals surface area contributed by atoms with Crippen molar-refractivity contribution in [1.29, 1.82) is 0 Å². The Hall–Kier alpha value is -1.02. The first kappa shape index (κ1) is 8.08. The molecular formula is C9H11O2. The molecule has 1 aromatic carbocycles. The van der Waals surface area contributed by atoms with Crippen molar-refractivity contribution in [2.75, 3.05) is 7.11 Å². The minimum absolute atomic E-state index is 0.309. The summed E-state index contributed by atoms with van der Waals surface area (Å²) in [7, 11) is 1.60. The summed E-state index contributed by atoms with van der Waals surface area (Å²) in [5.74, 6) is 0.760. The molecule has 0 spiro atoms. The molecule has 59 valence electrons. The second-order valence-corrected chi connectivity index (χ2v) is 2.32. The summed E-state index contributed by atoms with van der Waals surface area (Å²) >= 11 is 0. The van der Waals surface area contributed by atoms with E-state index in [2.05, 4.69) is 0 Å². The maximum Gasteiger partial charge on any atom is 0.119 e. The summed E-state index contributed by atoms with van der Waals surface area (Å²) in [5, 5.41) is 9.10. The van der Waals surface area contributed by atoms with Crippen LogP contribution in [0.1, 0.15) is 12.5 Å². The minimum atomic E-state index is 0.309. The molecule has 0 heterocycles. The second-order valence-electron chi connectivity index (χ2n) is 2.32. The Kier molecular flexibility index (Phi) is 2.49. The smallest absolute Gasteiger partial charge is 0.119 e. The van der Waals surface area contributed by atoms with Crippen molar-refractivity contribution in [2.45, 2.75) is 6.92 Å². The van der Waals surface area contributed by atoms with Gasteiger partial charge in [-0.15, -0.1) is 0 Å². The van der Waals surface area contributed by atoms with Gasteiger partial charge in [0, 0.05) is 0 Å². The quantitative estimate of drug-likeness (QED) is 0.700. The van der Waals surface area contributed by atoms with E-state index in [9.17, 15) is 0 Å². The Morgan fingerprint density at radius 3 is 2.73 bits per heavy atom. The highest BCUT2D eigenvalue weighted by molar-refractivity contribution is 5.33. The van der Waals surface area contributed by atoms with E-state index in [1.165, 1.54) is 0 Å². The number of hydrogen-bond acceptors (Lipinski definition) is 2. The molecule has 1 aromatic rings. The van der Waals surface area contributed by atoms with Crippen LogP contribution >= 0.6 is 0 Å². The predicted octanol–water partition coefficient (Wildman–Crippen LogP) is 1.97. The lowest BCUT2D eigenvalue weighted by atomic mass is 10.1. The van der Waals surface area contributed by atoms with Gasteiger partial charge >= 0.3 is 0 Å². The van der Waals surface area contributed by atoms with Crippen LogP contribution in [-0.4, -0.2) is 12.2 Å². The molecule has 0 aliphatic carbocycles. The molecule has 0 fully saturated rings. The fourth-order valence-electron chi connectivity index (χ4n) is 0.848. The van der Waals surface area contributed by atoms with Crippen LogP contribution in [0, 0.1) is 6.10 Å². The van der Waals surface area contributed by atoms with Gasteiger partial charge < -0.3 is 9.84 Å². The van der Waals surface area contributed by atoms with Gasteiger partial charge in [0.05, 0.1) is 7.11 Å². The van der Waals surface area contributed by atoms with Crippen LogP contribution in [0.4, 0.5) is 0 Å². The van der Waals surface area contributed by atoms with Crippen molar-refractivity contribution < 1.29 is 9.84 Å². The SMILES string of the molecule is COc1cccc([C](C)O)c1. The lowest BCUT2D eigenvalue weighted by molar-refractivity contribution is 0.339. The topological polar surface area (TPSA) is 29.5 Å². The molecule has 0 bridgehead atoms. The molecule has 0 saturated carbocycles. The van der Waals surface area contributed by atoms with Crippen molar-refractivity contribution >= 4 is 0 Å². The average molecular weight is 151 g/mol. The number of benzene rings is 1. The van der Waals surface area contributed by atoms with Crippen molar-refractivity contribution in [2.24, 2.45) is 0 Å². The number of ether oxygens (including phenoxy) is 1. The average Bonchev–Trinajstić information content (AvgIpc) is 2.05. The minimum Gasteiger partial charge on any atom is -0.497 e. The molecular weight excluding hydrogens is 140 g/mol. The summed E-state index contributed by atoms with van der Waals surface area (Å²) in [6.07, 6.45) is 0.309. The van der Waals surface area contributed by atoms with Crippen LogP contribution in [0.2, 0.25) is 0 Å². The van der Waals surface area contributed by atoms with E-state index in [1.807, 2.05) is 18.2 Å². The van der Waals surface area contributed by atoms with Crippen LogP contribution < -0.4 is 4.74 Å². The largest absolute Gasteiger partial charge is 0.497 e. The van der Waals surface area contributed by atoms with Gasteiger partial charge in [-0.2, -0.15) is 0 Å². The monoisotopic (exact) mass is 151 g/mol. The standard InChI is InChI=1S/C9H11O2/c1-7(10)8-4-3-5-9(6-8)11-2/h3-6,10H,1-2H3. The highest BCUT2D eigenvalue weighted by Gasteiger charge is 2.01. The highest BCUT2D eigenvalue weighted by Crippen LogP contribution is 2.17. The molecule has 11 heavy (non-hydrogen) atoms. The fraction of sp³-hybridized carbons (Fsp3) is 0.222. The van der Waals surface area contributed by atoms with E-state index in [-0.39, 0.29) is 0 Å². The number of rotatable bonds is 2. The first-order chi connectivity index (χ1) is 5.24. The van der Waals surface area contributed by atoms with E-state index in [0.29, 0.717) is 6.10 Å². The summed E-state index contributed by atoms with van der Waals surface area (Å²) in [5.41, 5.74) is 0.796. The van der Waals surface area contributed by atoms with Crippen LogP contribution in [-0.2, 0) is 0 Å². The molecule has 1 rings (SSSR count). The number of aliphatic hydroxyl groups is 1. The predicted molar refractivity (Wildman–Crippen MR) is 42.9 cm³/mol. The normalized spacial score (nSPS) is 10.2. The fourth-order valence-corrected chi connectivity index (χ4v) is 0.848. The maximum absolute atomic E-state index is 9.10. The molecule has 0 aliphatic heterocycles. The first-order valence-electron chi connectivity index (χ1n) is 3.41. The molecule has 0 atom stereocenters. The van der Waals surface area contributed by atoms with Gasteiger partial charge in [-0.1, -0.05) is 12.1 Å². The van der Waals surface area contributed by atoms with Gasteiger partial charge in [-0.05, 0) is 24.6 Å². The number of methoxy groups -OCH3 is 1. The molecule has 2 heteroatoms. The van der Waals surface area contributed by atoms with Gasteiger partial charge in [0.25, 0.3) is 0 Å². The Morgan fingerprint density at radius 2 is 2.18 bits per heavy atom. The third-order valence-electron chi connectivity index (χ3n) is 1.49. The van der Waals surface area contributed by atoms with Gasteiger partial charge in [0.15, 0.2) is 0 Å². The summed E-state index contributed by atoms with van der Waals surface area (Å²) < 4.78 is 4.98. The Labute approximate surface area is 66.4 Å². The van der Waals surface area contributed by atoms with Crippen LogP contribution in [0.5, 0.6) is 5.75 Å². The third kappa shape index (κ3) is 1.95. The molecule has 0 aliphatic rings. The zero-order chi connectivity index (χ0) is 8.27. The molecule has 0 saturated heterocycles. The molecule has 0 unspecified atom stereocenters. The zero-order valence-electron chi connectivity index (χ0n) is 6.66. The summed E-state index contributed by atoms with van der Waals surface area (Å²) in [6, 6.07) is 7.30. The van der Waals surface area contributed by atoms with E-state index in [1.54, 1.807) is 20.1 Å². The highest BCUT2D eigenvalue weighted by atomic mass is 16.5. The van der Waals surface area contributed by atoms with Crippen molar-refractivity contribution in [3.8, 4) is 5.75 Å². The van der Waals surface area contributed by atoms with E-state index < -0.39 is 0 Å². The summed E-state index contributed by atoms with van der Waals surface area (Å²) in [4.78, 5) is 0. The van der Waals surface area contributed by atoms with Gasteiger partial charge in [-0.25, -0.2) is 0 Å². The van der Waals surface area contributed by atoms with Gasteiger partial charge in [-0.3, -0.25) is 0 Å². The Morgan fingerprint density at radius 1 is 1.45 bits per heavy atom. The van der Waals surface area contributed by atoms with Crippen LogP contribution in [0.15, 0.2) is 24.3 Å². The van der Waals surface area contributed by atoms with Gasteiger partial charge in [0.1, 0.15) is 11.9 Å². The third-order valence-corrected chi connectivity index (χ3v) is 1.49. The molecule has 1 radical (unpaired) electrons. The van der Waals surface area contributed by atoms with E-state index in [0.717, 1.165) is 11.3 Å². The van der Waals surface area contributed by atoms with E-state index in [4.69, 9.17) is 9.84 Å². The summed E-state index contributed by atoms with van der Waals surface area (Å²) in [6.45, 7) is 1.65. The molecule has 1 N–H and O–H groups in total. The number of hydrogen-bond donors (Lipinski definition) is 1.